The normalized spacial score (nSPS) is 15.4. The first-order valence-electron chi connectivity index (χ1n) is 11.2. The van der Waals surface area contributed by atoms with Crippen LogP contribution in [0.2, 0.25) is 0 Å². The number of rotatable bonds is 14. The third kappa shape index (κ3) is 11.2. The van der Waals surface area contributed by atoms with Gasteiger partial charge in [-0.15, -0.1) is 12.3 Å². The number of carbonyl (C=O) groups is 2. The molecule has 1 rings (SSSR count). The molecule has 0 heterocycles. The van der Waals surface area contributed by atoms with E-state index in [1.165, 1.54) is 44.9 Å². The van der Waals surface area contributed by atoms with E-state index in [9.17, 15) is 9.59 Å². The molecule has 1 aliphatic rings. The Bertz CT molecular complexity index is 466. The van der Waals surface area contributed by atoms with Gasteiger partial charge < -0.3 is 14.8 Å². The molecule has 28 heavy (non-hydrogen) atoms. The summed E-state index contributed by atoms with van der Waals surface area (Å²) in [6.45, 7) is 2.80. The maximum atomic E-state index is 12.6. The van der Waals surface area contributed by atoms with E-state index in [0.29, 0.717) is 13.0 Å². The molecule has 5 nitrogen and oxygen atoms in total. The van der Waals surface area contributed by atoms with Crippen LogP contribution in [0.3, 0.4) is 0 Å². The number of terminal acetylenes is 1. The van der Waals surface area contributed by atoms with Gasteiger partial charge in [-0.2, -0.15) is 0 Å². The minimum Gasteiger partial charge on any atom is -0.464 e. The summed E-state index contributed by atoms with van der Waals surface area (Å²) in [5, 5.41) is 2.72. The average molecular weight is 394 g/mol. The van der Waals surface area contributed by atoms with Gasteiger partial charge in [-0.05, 0) is 25.2 Å². The van der Waals surface area contributed by atoms with Crippen molar-refractivity contribution in [3.8, 4) is 12.3 Å². The SMILES string of the molecule is C#CCCOC(=O)NC(C(=O)OCCCCCCCCCC)C1CCCCC1. The molecule has 0 bridgehead atoms. The van der Waals surface area contributed by atoms with Gasteiger partial charge in [0.15, 0.2) is 0 Å². The van der Waals surface area contributed by atoms with E-state index >= 15 is 0 Å². The molecule has 0 spiro atoms. The topological polar surface area (TPSA) is 64.6 Å². The van der Waals surface area contributed by atoms with E-state index < -0.39 is 12.1 Å². The Labute approximate surface area is 171 Å². The second-order valence-corrected chi connectivity index (χ2v) is 7.75. The van der Waals surface area contributed by atoms with E-state index in [0.717, 1.165) is 38.5 Å². The van der Waals surface area contributed by atoms with Crippen LogP contribution in [0.1, 0.15) is 96.8 Å². The lowest BCUT2D eigenvalue weighted by atomic mass is 9.84. The molecular formula is C23H39NO4. The van der Waals surface area contributed by atoms with Crippen molar-refractivity contribution in [2.45, 2.75) is 103 Å². The first-order chi connectivity index (χ1) is 13.7. The molecule has 1 fully saturated rings. The molecule has 0 aromatic rings. The third-order valence-electron chi connectivity index (χ3n) is 5.37. The van der Waals surface area contributed by atoms with Gasteiger partial charge in [0, 0.05) is 6.42 Å². The Balaban J connectivity index is 2.32. The summed E-state index contributed by atoms with van der Waals surface area (Å²) in [6, 6.07) is -0.618. The molecule has 0 saturated heterocycles. The minimum atomic E-state index is -0.618. The second-order valence-electron chi connectivity index (χ2n) is 7.75. The number of unbranched alkanes of at least 4 members (excludes halogenated alkanes) is 7. The molecule has 5 heteroatoms. The zero-order valence-corrected chi connectivity index (χ0v) is 17.7. The first-order valence-corrected chi connectivity index (χ1v) is 11.2. The fourth-order valence-electron chi connectivity index (χ4n) is 3.71. The molecule has 0 aromatic carbocycles. The van der Waals surface area contributed by atoms with Crippen LogP contribution < -0.4 is 5.32 Å². The Morgan fingerprint density at radius 2 is 1.61 bits per heavy atom. The summed E-state index contributed by atoms with van der Waals surface area (Å²) < 4.78 is 10.5. The highest BCUT2D eigenvalue weighted by molar-refractivity contribution is 5.81. The maximum Gasteiger partial charge on any atom is 0.407 e. The van der Waals surface area contributed by atoms with Gasteiger partial charge >= 0.3 is 12.1 Å². The molecule has 1 amide bonds. The van der Waals surface area contributed by atoms with Gasteiger partial charge in [0.2, 0.25) is 0 Å². The number of nitrogens with one attached hydrogen (secondary N) is 1. The Morgan fingerprint density at radius 3 is 2.25 bits per heavy atom. The predicted octanol–water partition coefficient (Wildman–Crippen LogP) is 5.37. The number of amides is 1. The monoisotopic (exact) mass is 393 g/mol. The number of ether oxygens (including phenoxy) is 2. The van der Waals surface area contributed by atoms with E-state index in [1.54, 1.807) is 0 Å². The molecule has 1 saturated carbocycles. The van der Waals surface area contributed by atoms with Crippen LogP contribution in [-0.4, -0.2) is 31.3 Å². The zero-order chi connectivity index (χ0) is 20.5. The molecule has 1 unspecified atom stereocenters. The highest BCUT2D eigenvalue weighted by Crippen LogP contribution is 2.27. The highest BCUT2D eigenvalue weighted by atomic mass is 16.6. The Kier molecular flexibility index (Phi) is 14.1. The molecule has 160 valence electrons. The highest BCUT2D eigenvalue weighted by Gasteiger charge is 2.32. The maximum absolute atomic E-state index is 12.6. The Morgan fingerprint density at radius 1 is 0.964 bits per heavy atom. The van der Waals surface area contributed by atoms with Crippen molar-refractivity contribution in [3.63, 3.8) is 0 Å². The first kappa shape index (κ1) is 24.3. The zero-order valence-electron chi connectivity index (χ0n) is 17.7. The Hall–Kier alpha value is -1.70. The van der Waals surface area contributed by atoms with E-state index in [2.05, 4.69) is 18.2 Å². The van der Waals surface area contributed by atoms with Crippen molar-refractivity contribution in [2.24, 2.45) is 5.92 Å². The van der Waals surface area contributed by atoms with Gasteiger partial charge in [-0.3, -0.25) is 0 Å². The van der Waals surface area contributed by atoms with Crippen molar-refractivity contribution in [1.29, 1.82) is 0 Å². The number of alkyl carbamates (subject to hydrolysis) is 1. The van der Waals surface area contributed by atoms with Gasteiger partial charge in [0.1, 0.15) is 12.6 Å². The third-order valence-corrected chi connectivity index (χ3v) is 5.37. The second kappa shape index (κ2) is 16.3. The fraction of sp³-hybridized carbons (Fsp3) is 0.826. The predicted molar refractivity (Wildman–Crippen MR) is 112 cm³/mol. The lowest BCUT2D eigenvalue weighted by Gasteiger charge is -2.29. The van der Waals surface area contributed by atoms with Crippen molar-refractivity contribution < 1.29 is 19.1 Å². The molecule has 1 atom stereocenters. The summed E-state index contributed by atoms with van der Waals surface area (Å²) in [5.74, 6) is 2.22. The molecule has 1 aliphatic carbocycles. The van der Waals surface area contributed by atoms with Crippen LogP contribution in [0.4, 0.5) is 4.79 Å². The summed E-state index contributed by atoms with van der Waals surface area (Å²) in [7, 11) is 0. The molecule has 0 aliphatic heterocycles. The van der Waals surface area contributed by atoms with Crippen LogP contribution in [0, 0.1) is 18.3 Å². The van der Waals surface area contributed by atoms with Crippen molar-refractivity contribution in [3.05, 3.63) is 0 Å². The van der Waals surface area contributed by atoms with Crippen LogP contribution in [0.5, 0.6) is 0 Å². The van der Waals surface area contributed by atoms with Crippen molar-refractivity contribution in [1.82, 2.24) is 5.32 Å². The van der Waals surface area contributed by atoms with E-state index in [-0.39, 0.29) is 18.5 Å². The largest absolute Gasteiger partial charge is 0.464 e. The molecule has 0 radical (unpaired) electrons. The summed E-state index contributed by atoms with van der Waals surface area (Å²) >= 11 is 0. The summed E-state index contributed by atoms with van der Waals surface area (Å²) in [6.07, 6.45) is 19.8. The average Bonchev–Trinajstić information content (AvgIpc) is 2.71. The fourth-order valence-corrected chi connectivity index (χ4v) is 3.71. The van der Waals surface area contributed by atoms with Crippen LogP contribution in [-0.2, 0) is 14.3 Å². The van der Waals surface area contributed by atoms with Crippen LogP contribution in [0.25, 0.3) is 0 Å². The van der Waals surface area contributed by atoms with Gasteiger partial charge in [0.25, 0.3) is 0 Å². The van der Waals surface area contributed by atoms with Gasteiger partial charge in [-0.1, -0.05) is 71.1 Å². The number of hydrogen-bond acceptors (Lipinski definition) is 4. The quantitative estimate of drug-likeness (QED) is 0.245. The van der Waals surface area contributed by atoms with Crippen LogP contribution >= 0.6 is 0 Å². The van der Waals surface area contributed by atoms with E-state index in [4.69, 9.17) is 15.9 Å². The lowest BCUT2D eigenvalue weighted by molar-refractivity contribution is -0.148. The smallest absolute Gasteiger partial charge is 0.407 e. The standard InChI is InChI=1S/C23H39NO4/c1-3-5-7-8-9-10-11-15-19-27-22(25)21(20-16-13-12-14-17-20)24-23(26)28-18-6-4-2/h2,20-21H,3,5-19H2,1H3,(H,24,26). The van der Waals surface area contributed by atoms with Gasteiger partial charge in [0.05, 0.1) is 6.61 Å². The number of carbonyl (C=O) groups excluding carboxylic acids is 2. The molecular weight excluding hydrogens is 354 g/mol. The lowest BCUT2D eigenvalue weighted by Crippen LogP contribution is -2.47. The van der Waals surface area contributed by atoms with Crippen molar-refractivity contribution >= 4 is 12.1 Å². The minimum absolute atomic E-state index is 0.125. The van der Waals surface area contributed by atoms with Gasteiger partial charge in [-0.25, -0.2) is 9.59 Å². The summed E-state index contributed by atoms with van der Waals surface area (Å²) in [5.41, 5.74) is 0. The number of esters is 1. The number of hydrogen-bond donors (Lipinski definition) is 1. The molecule has 1 N–H and O–H groups in total. The molecule has 0 aromatic heterocycles. The van der Waals surface area contributed by atoms with E-state index in [1.807, 2.05) is 0 Å². The van der Waals surface area contributed by atoms with Crippen LogP contribution in [0.15, 0.2) is 0 Å². The van der Waals surface area contributed by atoms with Crippen molar-refractivity contribution in [2.75, 3.05) is 13.2 Å². The summed E-state index contributed by atoms with van der Waals surface area (Å²) in [4.78, 5) is 24.6.